The van der Waals surface area contributed by atoms with Gasteiger partial charge in [-0.05, 0) is 12.1 Å². The molecule has 1 rings (SSSR count). The molecule has 0 amide bonds. The number of alkyl halides is 2. The Hall–Kier alpha value is -1.40. The van der Waals surface area contributed by atoms with Crippen molar-refractivity contribution in [3.63, 3.8) is 0 Å². The molecular formula is C10H9F2N. The van der Waals surface area contributed by atoms with Crippen LogP contribution in [0.1, 0.15) is 11.1 Å². The van der Waals surface area contributed by atoms with E-state index in [9.17, 15) is 8.78 Å². The zero-order valence-electron chi connectivity index (χ0n) is 6.93. The van der Waals surface area contributed by atoms with Crippen molar-refractivity contribution in [3.8, 4) is 12.3 Å². The predicted octanol–water partition coefficient (Wildman–Crippen LogP) is 1.72. The van der Waals surface area contributed by atoms with E-state index < -0.39 is 12.5 Å². The first-order valence-electron chi connectivity index (χ1n) is 3.75. The molecule has 1 nitrogen and oxygen atoms in total. The lowest BCUT2D eigenvalue weighted by atomic mass is 10.1. The second-order valence-corrected chi connectivity index (χ2v) is 2.63. The molecule has 0 aliphatic heterocycles. The van der Waals surface area contributed by atoms with E-state index in [0.29, 0.717) is 5.56 Å². The molecule has 0 bridgehead atoms. The minimum atomic E-state index is -2.97. The van der Waals surface area contributed by atoms with E-state index in [1.54, 1.807) is 0 Å². The normalized spacial score (nSPS) is 10.9. The average molecular weight is 181 g/mol. The van der Waals surface area contributed by atoms with Crippen molar-refractivity contribution in [3.05, 3.63) is 35.4 Å². The van der Waals surface area contributed by atoms with Gasteiger partial charge in [0.1, 0.15) is 0 Å². The first kappa shape index (κ1) is 9.69. The Morgan fingerprint density at radius 2 is 1.85 bits per heavy atom. The monoisotopic (exact) mass is 181 g/mol. The predicted molar refractivity (Wildman–Crippen MR) is 47.3 cm³/mol. The number of halogens is 2. The Morgan fingerprint density at radius 3 is 2.23 bits per heavy atom. The van der Waals surface area contributed by atoms with Gasteiger partial charge < -0.3 is 5.73 Å². The fourth-order valence-corrected chi connectivity index (χ4v) is 0.928. The van der Waals surface area contributed by atoms with Gasteiger partial charge in [0.2, 0.25) is 0 Å². The SMILES string of the molecule is C#Cc1ccc(C(F)(F)CN)cc1. The van der Waals surface area contributed by atoms with Crippen molar-refractivity contribution in [2.24, 2.45) is 5.73 Å². The van der Waals surface area contributed by atoms with E-state index in [0.717, 1.165) is 0 Å². The van der Waals surface area contributed by atoms with Crippen LogP contribution in [0.15, 0.2) is 24.3 Å². The molecule has 0 radical (unpaired) electrons. The molecule has 3 heteroatoms. The molecule has 0 fully saturated rings. The molecule has 0 aliphatic carbocycles. The molecule has 0 saturated heterocycles. The van der Waals surface area contributed by atoms with Gasteiger partial charge in [0.05, 0.1) is 6.54 Å². The van der Waals surface area contributed by atoms with E-state index in [4.69, 9.17) is 12.2 Å². The van der Waals surface area contributed by atoms with Gasteiger partial charge in [-0.15, -0.1) is 6.42 Å². The molecule has 68 valence electrons. The van der Waals surface area contributed by atoms with E-state index in [1.807, 2.05) is 0 Å². The van der Waals surface area contributed by atoms with Gasteiger partial charge in [-0.3, -0.25) is 0 Å². The summed E-state index contributed by atoms with van der Waals surface area (Å²) < 4.78 is 25.9. The molecule has 0 aliphatic rings. The third-order valence-corrected chi connectivity index (χ3v) is 1.73. The van der Waals surface area contributed by atoms with Crippen molar-refractivity contribution < 1.29 is 8.78 Å². The second kappa shape index (κ2) is 3.55. The summed E-state index contributed by atoms with van der Waals surface area (Å²) in [6, 6.07) is 5.53. The zero-order chi connectivity index (χ0) is 9.90. The lowest BCUT2D eigenvalue weighted by Gasteiger charge is -2.13. The summed E-state index contributed by atoms with van der Waals surface area (Å²) in [6.07, 6.45) is 5.08. The summed E-state index contributed by atoms with van der Waals surface area (Å²) in [5, 5.41) is 0. The number of nitrogens with two attached hydrogens (primary N) is 1. The van der Waals surface area contributed by atoms with Crippen molar-refractivity contribution in [2.75, 3.05) is 6.54 Å². The van der Waals surface area contributed by atoms with Crippen LogP contribution in [0.5, 0.6) is 0 Å². The molecule has 0 saturated carbocycles. The molecule has 0 unspecified atom stereocenters. The Morgan fingerprint density at radius 1 is 1.31 bits per heavy atom. The molecule has 13 heavy (non-hydrogen) atoms. The number of hydrogen-bond acceptors (Lipinski definition) is 1. The summed E-state index contributed by atoms with van der Waals surface area (Å²) in [4.78, 5) is 0. The van der Waals surface area contributed by atoms with Gasteiger partial charge >= 0.3 is 0 Å². The van der Waals surface area contributed by atoms with Gasteiger partial charge in [-0.2, -0.15) is 8.78 Å². The van der Waals surface area contributed by atoms with E-state index in [1.165, 1.54) is 24.3 Å². The van der Waals surface area contributed by atoms with Crippen LogP contribution in [0.3, 0.4) is 0 Å². The highest BCUT2D eigenvalue weighted by Gasteiger charge is 2.28. The van der Waals surface area contributed by atoms with Crippen LogP contribution in [0.2, 0.25) is 0 Å². The van der Waals surface area contributed by atoms with Crippen LogP contribution >= 0.6 is 0 Å². The first-order chi connectivity index (χ1) is 6.10. The molecule has 2 N–H and O–H groups in total. The summed E-state index contributed by atoms with van der Waals surface area (Å²) in [5.41, 5.74) is 5.40. The lowest BCUT2D eigenvalue weighted by Crippen LogP contribution is -2.24. The molecule has 0 aromatic heterocycles. The smallest absolute Gasteiger partial charge is 0.285 e. The second-order valence-electron chi connectivity index (χ2n) is 2.63. The summed E-state index contributed by atoms with van der Waals surface area (Å²) in [7, 11) is 0. The number of terminal acetylenes is 1. The van der Waals surface area contributed by atoms with Crippen molar-refractivity contribution >= 4 is 0 Å². The topological polar surface area (TPSA) is 26.0 Å². The Kier molecular flexibility index (Phi) is 2.64. The van der Waals surface area contributed by atoms with Crippen LogP contribution in [-0.4, -0.2) is 6.54 Å². The van der Waals surface area contributed by atoms with Gasteiger partial charge in [0.15, 0.2) is 0 Å². The zero-order valence-corrected chi connectivity index (χ0v) is 6.93. The van der Waals surface area contributed by atoms with Gasteiger partial charge in [-0.1, -0.05) is 18.1 Å². The fourth-order valence-electron chi connectivity index (χ4n) is 0.928. The summed E-state index contributed by atoms with van der Waals surface area (Å²) >= 11 is 0. The Bertz CT molecular complexity index is 322. The average Bonchev–Trinajstić information content (AvgIpc) is 2.18. The number of rotatable bonds is 2. The minimum Gasteiger partial charge on any atom is -0.325 e. The van der Waals surface area contributed by atoms with Crippen molar-refractivity contribution in [2.45, 2.75) is 5.92 Å². The lowest BCUT2D eigenvalue weighted by molar-refractivity contribution is 0.00595. The minimum absolute atomic E-state index is 0.103. The maximum absolute atomic E-state index is 12.9. The van der Waals surface area contributed by atoms with Gasteiger partial charge in [0.25, 0.3) is 5.92 Å². The standard InChI is InChI=1S/C10H9F2N/c1-2-8-3-5-9(6-4-8)10(11,12)7-13/h1,3-6H,7,13H2. The first-order valence-corrected chi connectivity index (χ1v) is 3.75. The highest BCUT2D eigenvalue weighted by molar-refractivity contribution is 5.35. The molecule has 0 heterocycles. The molecule has 0 spiro atoms. The molecular weight excluding hydrogens is 172 g/mol. The van der Waals surface area contributed by atoms with Crippen molar-refractivity contribution in [1.82, 2.24) is 0 Å². The van der Waals surface area contributed by atoms with Gasteiger partial charge in [0, 0.05) is 11.1 Å². The molecule has 0 atom stereocenters. The molecule has 1 aromatic carbocycles. The highest BCUT2D eigenvalue weighted by Crippen LogP contribution is 2.26. The maximum Gasteiger partial charge on any atom is 0.285 e. The Balaban J connectivity index is 3.00. The maximum atomic E-state index is 12.9. The highest BCUT2D eigenvalue weighted by atomic mass is 19.3. The van der Waals surface area contributed by atoms with Crippen LogP contribution in [0.4, 0.5) is 8.78 Å². The van der Waals surface area contributed by atoms with E-state index >= 15 is 0 Å². The third-order valence-electron chi connectivity index (χ3n) is 1.73. The van der Waals surface area contributed by atoms with Crippen LogP contribution < -0.4 is 5.73 Å². The van der Waals surface area contributed by atoms with E-state index in [2.05, 4.69) is 5.92 Å². The van der Waals surface area contributed by atoms with Crippen LogP contribution in [0, 0.1) is 12.3 Å². The third kappa shape index (κ3) is 2.04. The summed E-state index contributed by atoms with van der Waals surface area (Å²) in [6.45, 7) is -0.692. The Labute approximate surface area is 75.6 Å². The number of benzene rings is 1. The summed E-state index contributed by atoms with van der Waals surface area (Å²) in [5.74, 6) is -0.618. The fraction of sp³-hybridized carbons (Fsp3) is 0.200. The van der Waals surface area contributed by atoms with Crippen molar-refractivity contribution in [1.29, 1.82) is 0 Å². The van der Waals surface area contributed by atoms with Crippen LogP contribution in [-0.2, 0) is 5.92 Å². The number of hydrogen-bond donors (Lipinski definition) is 1. The van der Waals surface area contributed by atoms with E-state index in [-0.39, 0.29) is 5.56 Å². The van der Waals surface area contributed by atoms with Crippen LogP contribution in [0.25, 0.3) is 0 Å². The van der Waals surface area contributed by atoms with Gasteiger partial charge in [-0.25, -0.2) is 0 Å². The molecule has 1 aromatic rings. The quantitative estimate of drug-likeness (QED) is 0.691. The largest absolute Gasteiger partial charge is 0.325 e.